The largest absolute Gasteiger partial charge is 0.496 e. The van der Waals surface area contributed by atoms with Crippen LogP contribution in [0.2, 0.25) is 0 Å². The summed E-state index contributed by atoms with van der Waals surface area (Å²) in [6.45, 7) is 4.23. The van der Waals surface area contributed by atoms with Crippen LogP contribution in [-0.2, 0) is 17.8 Å². The van der Waals surface area contributed by atoms with E-state index in [1.54, 1.807) is 7.11 Å². The topological polar surface area (TPSA) is 93.4 Å². The Kier molecular flexibility index (Phi) is 6.70. The molecule has 0 spiro atoms. The molecule has 9 heteroatoms. The maximum Gasteiger partial charge on any atom is 0.263 e. The SMILES string of the molecule is COc1ccc(Br)cc1CNC(=O)CCc1nc(N2CCCCC2)c2c(C)noc2n1. The minimum atomic E-state index is -0.0704. The highest BCUT2D eigenvalue weighted by atomic mass is 79.9. The summed E-state index contributed by atoms with van der Waals surface area (Å²) in [5.41, 5.74) is 2.19. The first-order chi connectivity index (χ1) is 15.0. The van der Waals surface area contributed by atoms with Crippen molar-refractivity contribution in [2.24, 2.45) is 0 Å². The average Bonchev–Trinajstić information content (AvgIpc) is 3.17. The third-order valence-electron chi connectivity index (χ3n) is 5.48. The van der Waals surface area contributed by atoms with Crippen molar-refractivity contribution >= 4 is 38.8 Å². The van der Waals surface area contributed by atoms with Gasteiger partial charge in [-0.15, -0.1) is 0 Å². The summed E-state index contributed by atoms with van der Waals surface area (Å²) >= 11 is 3.45. The van der Waals surface area contributed by atoms with Crippen LogP contribution in [0.25, 0.3) is 11.1 Å². The second-order valence-corrected chi connectivity index (χ2v) is 8.61. The molecule has 3 aromatic rings. The number of hydrogen-bond donors (Lipinski definition) is 1. The summed E-state index contributed by atoms with van der Waals surface area (Å²) in [5, 5.41) is 7.90. The molecule has 1 fully saturated rings. The molecule has 1 aliphatic rings. The molecule has 4 rings (SSSR count). The van der Waals surface area contributed by atoms with E-state index < -0.39 is 0 Å². The number of amides is 1. The third kappa shape index (κ3) is 4.98. The minimum Gasteiger partial charge on any atom is -0.496 e. The van der Waals surface area contributed by atoms with E-state index in [0.717, 1.165) is 58.6 Å². The Balaban J connectivity index is 1.44. The van der Waals surface area contributed by atoms with Crippen molar-refractivity contribution in [1.82, 2.24) is 20.4 Å². The molecule has 0 radical (unpaired) electrons. The number of piperidine rings is 1. The molecule has 0 saturated carbocycles. The molecule has 3 heterocycles. The Hall–Kier alpha value is -2.68. The van der Waals surface area contributed by atoms with E-state index in [2.05, 4.69) is 36.3 Å². The normalized spacial score (nSPS) is 14.1. The van der Waals surface area contributed by atoms with Gasteiger partial charge in [0.05, 0.1) is 12.8 Å². The Morgan fingerprint density at radius 1 is 1.26 bits per heavy atom. The quantitative estimate of drug-likeness (QED) is 0.539. The number of halogens is 1. The molecule has 0 bridgehead atoms. The zero-order chi connectivity index (χ0) is 21.8. The lowest BCUT2D eigenvalue weighted by molar-refractivity contribution is -0.121. The Morgan fingerprint density at radius 3 is 2.84 bits per heavy atom. The zero-order valence-corrected chi connectivity index (χ0v) is 19.4. The van der Waals surface area contributed by atoms with Crippen molar-refractivity contribution < 1.29 is 14.1 Å². The number of fused-ring (bicyclic) bond motifs is 1. The van der Waals surface area contributed by atoms with Gasteiger partial charge in [-0.25, -0.2) is 4.98 Å². The Bertz CT molecular complexity index is 1080. The van der Waals surface area contributed by atoms with Gasteiger partial charge in [0.1, 0.15) is 22.8 Å². The number of benzene rings is 1. The molecule has 2 aromatic heterocycles. The van der Waals surface area contributed by atoms with E-state index in [0.29, 0.717) is 24.5 Å². The number of ether oxygens (including phenoxy) is 1. The number of anilines is 1. The van der Waals surface area contributed by atoms with Gasteiger partial charge in [0, 0.05) is 42.5 Å². The highest BCUT2D eigenvalue weighted by Gasteiger charge is 2.21. The molecular weight excluding hydrogens is 462 g/mol. The molecule has 0 aliphatic carbocycles. The smallest absolute Gasteiger partial charge is 0.263 e. The van der Waals surface area contributed by atoms with Crippen molar-refractivity contribution in [3.05, 3.63) is 39.8 Å². The number of aryl methyl sites for hydroxylation is 2. The van der Waals surface area contributed by atoms with Gasteiger partial charge in [0.2, 0.25) is 5.91 Å². The third-order valence-corrected chi connectivity index (χ3v) is 5.98. The molecule has 8 nitrogen and oxygen atoms in total. The van der Waals surface area contributed by atoms with Crippen LogP contribution < -0.4 is 15.0 Å². The summed E-state index contributed by atoms with van der Waals surface area (Å²) in [7, 11) is 1.62. The summed E-state index contributed by atoms with van der Waals surface area (Å²) in [6, 6.07) is 5.71. The van der Waals surface area contributed by atoms with E-state index in [4.69, 9.17) is 14.2 Å². The van der Waals surface area contributed by atoms with Gasteiger partial charge in [0.25, 0.3) is 5.71 Å². The van der Waals surface area contributed by atoms with Crippen LogP contribution in [0.15, 0.2) is 27.2 Å². The van der Waals surface area contributed by atoms with Crippen LogP contribution in [0.4, 0.5) is 5.82 Å². The number of hydrogen-bond acceptors (Lipinski definition) is 7. The molecule has 1 amide bonds. The molecular formula is C22H26BrN5O3. The van der Waals surface area contributed by atoms with Crippen LogP contribution >= 0.6 is 15.9 Å². The first-order valence-corrected chi connectivity index (χ1v) is 11.3. The lowest BCUT2D eigenvalue weighted by atomic mass is 10.1. The number of nitrogens with zero attached hydrogens (tertiary/aromatic N) is 4. The van der Waals surface area contributed by atoms with Gasteiger partial charge in [-0.3, -0.25) is 4.79 Å². The van der Waals surface area contributed by atoms with E-state index in [9.17, 15) is 4.79 Å². The van der Waals surface area contributed by atoms with Crippen LogP contribution in [0, 0.1) is 6.92 Å². The fourth-order valence-electron chi connectivity index (χ4n) is 3.85. The van der Waals surface area contributed by atoms with Gasteiger partial charge < -0.3 is 19.5 Å². The number of methoxy groups -OCH3 is 1. The Labute approximate surface area is 189 Å². The number of aromatic nitrogens is 3. The highest BCUT2D eigenvalue weighted by molar-refractivity contribution is 9.10. The number of carbonyl (C=O) groups excluding carboxylic acids is 1. The van der Waals surface area contributed by atoms with Crippen LogP contribution in [0.1, 0.15) is 42.8 Å². The summed E-state index contributed by atoms with van der Waals surface area (Å²) in [6.07, 6.45) is 4.24. The van der Waals surface area contributed by atoms with E-state index >= 15 is 0 Å². The van der Waals surface area contributed by atoms with Crippen molar-refractivity contribution in [3.8, 4) is 5.75 Å². The summed E-state index contributed by atoms with van der Waals surface area (Å²) in [5.74, 6) is 2.14. The number of rotatable bonds is 7. The number of nitrogens with one attached hydrogen (secondary N) is 1. The Morgan fingerprint density at radius 2 is 2.06 bits per heavy atom. The summed E-state index contributed by atoms with van der Waals surface area (Å²) < 4.78 is 11.7. The fraction of sp³-hybridized carbons (Fsp3) is 0.455. The van der Waals surface area contributed by atoms with E-state index in [-0.39, 0.29) is 12.3 Å². The second kappa shape index (κ2) is 9.64. The van der Waals surface area contributed by atoms with Crippen molar-refractivity contribution in [2.75, 3.05) is 25.1 Å². The molecule has 1 N–H and O–H groups in total. The zero-order valence-electron chi connectivity index (χ0n) is 17.8. The summed E-state index contributed by atoms with van der Waals surface area (Å²) in [4.78, 5) is 24.0. The molecule has 0 atom stereocenters. The number of carbonyl (C=O) groups is 1. The van der Waals surface area contributed by atoms with Crippen LogP contribution in [0.3, 0.4) is 0 Å². The van der Waals surface area contributed by atoms with Crippen molar-refractivity contribution in [2.45, 2.75) is 45.6 Å². The standard InChI is InChI=1S/C22H26BrN5O3/c1-14-20-21(28-10-4-3-5-11-28)25-18(26-22(20)31-27-14)8-9-19(29)24-13-15-12-16(23)6-7-17(15)30-2/h6-7,12H,3-5,8-11,13H2,1-2H3,(H,24,29). The maximum absolute atomic E-state index is 12.5. The van der Waals surface area contributed by atoms with Crippen molar-refractivity contribution in [1.29, 1.82) is 0 Å². The lowest BCUT2D eigenvalue weighted by Crippen LogP contribution is -2.31. The van der Waals surface area contributed by atoms with E-state index in [1.807, 2.05) is 25.1 Å². The molecule has 1 aromatic carbocycles. The molecule has 0 unspecified atom stereocenters. The maximum atomic E-state index is 12.5. The molecule has 31 heavy (non-hydrogen) atoms. The lowest BCUT2D eigenvalue weighted by Gasteiger charge is -2.28. The van der Waals surface area contributed by atoms with Crippen LogP contribution in [0.5, 0.6) is 5.75 Å². The van der Waals surface area contributed by atoms with E-state index in [1.165, 1.54) is 6.42 Å². The highest BCUT2D eigenvalue weighted by Crippen LogP contribution is 2.29. The predicted octanol–water partition coefficient (Wildman–Crippen LogP) is 3.94. The average molecular weight is 488 g/mol. The van der Waals surface area contributed by atoms with Gasteiger partial charge in [-0.05, 0) is 44.4 Å². The predicted molar refractivity (Wildman–Crippen MR) is 121 cm³/mol. The molecule has 164 valence electrons. The first-order valence-electron chi connectivity index (χ1n) is 10.5. The second-order valence-electron chi connectivity index (χ2n) is 7.69. The van der Waals surface area contributed by atoms with Crippen molar-refractivity contribution in [3.63, 3.8) is 0 Å². The van der Waals surface area contributed by atoms with Gasteiger partial charge in [-0.1, -0.05) is 21.1 Å². The van der Waals surface area contributed by atoms with Crippen LogP contribution in [-0.4, -0.2) is 41.2 Å². The van der Waals surface area contributed by atoms with Gasteiger partial charge in [0.15, 0.2) is 0 Å². The minimum absolute atomic E-state index is 0.0704. The monoisotopic (exact) mass is 487 g/mol. The van der Waals surface area contributed by atoms with Gasteiger partial charge in [-0.2, -0.15) is 4.98 Å². The fourth-order valence-corrected chi connectivity index (χ4v) is 4.26. The molecule has 1 aliphatic heterocycles. The van der Waals surface area contributed by atoms with Gasteiger partial charge >= 0.3 is 0 Å². The molecule has 1 saturated heterocycles. The first kappa shape index (κ1) is 21.5.